The Labute approximate surface area is 118 Å². The Balaban J connectivity index is 2.21. The Hall–Kier alpha value is -0.850. The van der Waals surface area contributed by atoms with Crippen molar-refractivity contribution in [1.29, 1.82) is 5.26 Å². The maximum absolute atomic E-state index is 9.48. The van der Waals surface area contributed by atoms with Crippen molar-refractivity contribution in [2.75, 3.05) is 13.1 Å². The van der Waals surface area contributed by atoms with Crippen molar-refractivity contribution < 1.29 is 0 Å². The van der Waals surface area contributed by atoms with Crippen molar-refractivity contribution in [2.24, 2.45) is 0 Å². The fourth-order valence-electron chi connectivity index (χ4n) is 2.56. The first kappa shape index (κ1) is 13.6. The molecule has 3 heteroatoms. The largest absolute Gasteiger partial charge is 0.284 e. The van der Waals surface area contributed by atoms with Crippen LogP contribution in [0.5, 0.6) is 0 Å². The van der Waals surface area contributed by atoms with E-state index in [9.17, 15) is 5.26 Å². The molecule has 2 nitrogen and oxygen atoms in total. The number of aryl methyl sites for hydroxylation is 1. The van der Waals surface area contributed by atoms with E-state index in [1.807, 2.05) is 6.07 Å². The molecular formula is C15H19BrN2. The van der Waals surface area contributed by atoms with Gasteiger partial charge in [0.2, 0.25) is 0 Å². The maximum Gasteiger partial charge on any atom is 0.123 e. The molecule has 0 aliphatic carbocycles. The van der Waals surface area contributed by atoms with Crippen molar-refractivity contribution >= 4 is 15.9 Å². The number of hydrogen-bond donors (Lipinski definition) is 0. The van der Waals surface area contributed by atoms with Crippen LogP contribution in [0, 0.1) is 18.3 Å². The minimum atomic E-state index is -0.0881. The summed E-state index contributed by atoms with van der Waals surface area (Å²) in [6.07, 6.45) is 5.03. The van der Waals surface area contributed by atoms with Crippen LogP contribution in [-0.4, -0.2) is 18.0 Å². The lowest BCUT2D eigenvalue weighted by Gasteiger charge is -2.25. The molecule has 2 rings (SSSR count). The summed E-state index contributed by atoms with van der Waals surface area (Å²) in [5, 5.41) is 9.48. The predicted octanol–water partition coefficient (Wildman–Crippen LogP) is 4.20. The lowest BCUT2D eigenvalue weighted by Crippen LogP contribution is -2.28. The van der Waals surface area contributed by atoms with E-state index in [1.165, 1.54) is 31.2 Å². The molecule has 0 amide bonds. The normalized spacial score (nSPS) is 18.9. The first-order chi connectivity index (χ1) is 8.72. The number of nitrogens with zero attached hydrogens (tertiary/aromatic N) is 2. The van der Waals surface area contributed by atoms with Gasteiger partial charge in [0.15, 0.2) is 0 Å². The fraction of sp³-hybridized carbons (Fsp3) is 0.533. The average Bonchev–Trinajstić information content (AvgIpc) is 2.64. The molecule has 1 unspecified atom stereocenters. The van der Waals surface area contributed by atoms with Gasteiger partial charge in [0.25, 0.3) is 0 Å². The monoisotopic (exact) mass is 306 g/mol. The molecule has 1 fully saturated rings. The maximum atomic E-state index is 9.48. The van der Waals surface area contributed by atoms with E-state index >= 15 is 0 Å². The number of nitriles is 1. The molecule has 0 saturated carbocycles. The van der Waals surface area contributed by atoms with Crippen molar-refractivity contribution in [3.8, 4) is 6.07 Å². The van der Waals surface area contributed by atoms with E-state index in [-0.39, 0.29) is 6.04 Å². The van der Waals surface area contributed by atoms with E-state index in [0.29, 0.717) is 0 Å². The van der Waals surface area contributed by atoms with Crippen LogP contribution in [0.2, 0.25) is 0 Å². The zero-order valence-electron chi connectivity index (χ0n) is 10.8. The topological polar surface area (TPSA) is 27.0 Å². The lowest BCUT2D eigenvalue weighted by atomic mass is 10.0. The van der Waals surface area contributed by atoms with Gasteiger partial charge in [-0.3, -0.25) is 4.90 Å². The Kier molecular flexibility index (Phi) is 4.79. The molecule has 1 aromatic rings. The summed E-state index contributed by atoms with van der Waals surface area (Å²) in [6.45, 7) is 4.17. The Morgan fingerprint density at radius 2 is 1.89 bits per heavy atom. The summed E-state index contributed by atoms with van der Waals surface area (Å²) in [4.78, 5) is 2.33. The van der Waals surface area contributed by atoms with Gasteiger partial charge in [0, 0.05) is 4.47 Å². The van der Waals surface area contributed by atoms with Gasteiger partial charge in [0.1, 0.15) is 6.04 Å². The minimum Gasteiger partial charge on any atom is -0.284 e. The second-order valence-corrected chi connectivity index (χ2v) is 5.84. The van der Waals surface area contributed by atoms with Crippen molar-refractivity contribution in [3.05, 3.63) is 33.8 Å². The lowest BCUT2D eigenvalue weighted by molar-refractivity contribution is 0.245. The summed E-state index contributed by atoms with van der Waals surface area (Å²) in [5.74, 6) is 0. The van der Waals surface area contributed by atoms with E-state index in [2.05, 4.69) is 46.0 Å². The van der Waals surface area contributed by atoms with Gasteiger partial charge in [-0.05, 0) is 50.0 Å². The minimum absolute atomic E-state index is 0.0881. The zero-order valence-corrected chi connectivity index (χ0v) is 12.4. The summed E-state index contributed by atoms with van der Waals surface area (Å²) in [6, 6.07) is 8.63. The van der Waals surface area contributed by atoms with Crippen LogP contribution < -0.4 is 0 Å². The first-order valence-electron chi connectivity index (χ1n) is 6.62. The molecule has 0 aromatic heterocycles. The fourth-order valence-corrected chi connectivity index (χ4v) is 2.80. The van der Waals surface area contributed by atoms with Crippen LogP contribution in [-0.2, 0) is 0 Å². The quantitative estimate of drug-likeness (QED) is 0.819. The molecule has 1 saturated heterocycles. The molecule has 0 bridgehead atoms. The highest BCUT2D eigenvalue weighted by Gasteiger charge is 2.21. The first-order valence-corrected chi connectivity index (χ1v) is 7.41. The number of halogens is 1. The van der Waals surface area contributed by atoms with E-state index in [4.69, 9.17) is 0 Å². The third-order valence-electron chi connectivity index (χ3n) is 3.63. The number of benzene rings is 1. The van der Waals surface area contributed by atoms with Gasteiger partial charge in [-0.15, -0.1) is 0 Å². The summed E-state index contributed by atoms with van der Waals surface area (Å²) < 4.78 is 1.11. The van der Waals surface area contributed by atoms with Crippen LogP contribution >= 0.6 is 15.9 Å². The van der Waals surface area contributed by atoms with E-state index in [0.717, 1.165) is 23.1 Å². The molecule has 1 aromatic carbocycles. The molecule has 1 aliphatic heterocycles. The van der Waals surface area contributed by atoms with Crippen LogP contribution in [0.25, 0.3) is 0 Å². The van der Waals surface area contributed by atoms with Crippen molar-refractivity contribution in [1.82, 2.24) is 4.90 Å². The molecule has 0 N–H and O–H groups in total. The Bertz CT molecular complexity index is 442. The molecule has 1 aliphatic rings. The second-order valence-electron chi connectivity index (χ2n) is 4.99. The second kappa shape index (κ2) is 6.36. The van der Waals surface area contributed by atoms with Gasteiger partial charge >= 0.3 is 0 Å². The van der Waals surface area contributed by atoms with Crippen LogP contribution in [0.4, 0.5) is 0 Å². The molecule has 96 valence electrons. The van der Waals surface area contributed by atoms with Crippen LogP contribution in [0.1, 0.15) is 42.9 Å². The molecular weight excluding hydrogens is 288 g/mol. The molecule has 18 heavy (non-hydrogen) atoms. The Morgan fingerprint density at radius 3 is 2.44 bits per heavy atom. The molecule has 1 heterocycles. The SMILES string of the molecule is Cc1cc(C(C#N)N2CCCCCC2)ccc1Br. The third kappa shape index (κ3) is 3.13. The van der Waals surface area contributed by atoms with Crippen molar-refractivity contribution in [2.45, 2.75) is 38.6 Å². The summed E-state index contributed by atoms with van der Waals surface area (Å²) in [7, 11) is 0. The van der Waals surface area contributed by atoms with Crippen molar-refractivity contribution in [3.63, 3.8) is 0 Å². The number of likely N-dealkylation sites (tertiary alicyclic amines) is 1. The number of rotatable bonds is 2. The molecule has 1 atom stereocenters. The van der Waals surface area contributed by atoms with Gasteiger partial charge in [-0.1, -0.05) is 40.9 Å². The van der Waals surface area contributed by atoms with Crippen LogP contribution in [0.3, 0.4) is 0 Å². The van der Waals surface area contributed by atoms with Gasteiger partial charge in [0.05, 0.1) is 6.07 Å². The average molecular weight is 307 g/mol. The van der Waals surface area contributed by atoms with E-state index in [1.54, 1.807) is 0 Å². The summed E-state index contributed by atoms with van der Waals surface area (Å²) in [5.41, 5.74) is 2.32. The van der Waals surface area contributed by atoms with Gasteiger partial charge in [-0.25, -0.2) is 0 Å². The third-order valence-corrected chi connectivity index (χ3v) is 4.52. The van der Waals surface area contributed by atoms with Gasteiger partial charge < -0.3 is 0 Å². The van der Waals surface area contributed by atoms with Crippen LogP contribution in [0.15, 0.2) is 22.7 Å². The molecule has 0 radical (unpaired) electrons. The predicted molar refractivity (Wildman–Crippen MR) is 77.3 cm³/mol. The highest BCUT2D eigenvalue weighted by molar-refractivity contribution is 9.10. The smallest absolute Gasteiger partial charge is 0.123 e. The highest BCUT2D eigenvalue weighted by atomic mass is 79.9. The summed E-state index contributed by atoms with van der Waals surface area (Å²) >= 11 is 3.51. The zero-order chi connectivity index (χ0) is 13.0. The molecule has 0 spiro atoms. The highest BCUT2D eigenvalue weighted by Crippen LogP contribution is 2.26. The number of hydrogen-bond acceptors (Lipinski definition) is 2. The standard InChI is InChI=1S/C15H19BrN2/c1-12-10-13(6-7-14(12)16)15(11-17)18-8-4-2-3-5-9-18/h6-7,10,15H,2-5,8-9H2,1H3. The van der Waals surface area contributed by atoms with E-state index < -0.39 is 0 Å². The Morgan fingerprint density at radius 1 is 1.22 bits per heavy atom. The van der Waals surface area contributed by atoms with Gasteiger partial charge in [-0.2, -0.15) is 5.26 Å².